The van der Waals surface area contributed by atoms with Gasteiger partial charge in [-0.15, -0.1) is 0 Å². The van der Waals surface area contributed by atoms with Crippen LogP contribution in [-0.2, 0) is 17.9 Å². The average molecular weight is 555 g/mol. The summed E-state index contributed by atoms with van der Waals surface area (Å²) >= 11 is 10.4. The fourth-order valence-corrected chi connectivity index (χ4v) is 5.12. The number of nitrogens with zero attached hydrogens (tertiary/aromatic N) is 1. The molecule has 34 heavy (non-hydrogen) atoms. The Kier molecular flexibility index (Phi) is 7.76. The van der Waals surface area contributed by atoms with Crippen LogP contribution in [0.5, 0.6) is 11.5 Å². The van der Waals surface area contributed by atoms with Crippen molar-refractivity contribution in [2.24, 2.45) is 0 Å². The van der Waals surface area contributed by atoms with Crippen molar-refractivity contribution in [3.8, 4) is 11.5 Å². The molecule has 4 nitrogen and oxygen atoms in total. The van der Waals surface area contributed by atoms with Crippen molar-refractivity contribution in [3.05, 3.63) is 97.9 Å². The topological polar surface area (TPSA) is 38.8 Å². The molecule has 0 aromatic heterocycles. The van der Waals surface area contributed by atoms with Gasteiger partial charge in [-0.3, -0.25) is 9.69 Å². The van der Waals surface area contributed by atoms with Crippen LogP contribution in [0.2, 0.25) is 0 Å². The lowest BCUT2D eigenvalue weighted by molar-refractivity contribution is -0.122. The van der Waals surface area contributed by atoms with Crippen LogP contribution >= 0.6 is 39.9 Å². The van der Waals surface area contributed by atoms with Crippen molar-refractivity contribution in [1.82, 2.24) is 4.90 Å². The van der Waals surface area contributed by atoms with Crippen LogP contribution in [0.3, 0.4) is 0 Å². The Morgan fingerprint density at radius 2 is 1.59 bits per heavy atom. The maximum atomic E-state index is 13.1. The Bertz CT molecular complexity index is 1250. The van der Waals surface area contributed by atoms with Crippen molar-refractivity contribution < 1.29 is 14.3 Å². The number of methoxy groups -OCH3 is 1. The predicted octanol–water partition coefficient (Wildman–Crippen LogP) is 7.05. The zero-order valence-electron chi connectivity index (χ0n) is 19.1. The minimum atomic E-state index is -0.0962. The van der Waals surface area contributed by atoms with E-state index in [1.54, 1.807) is 12.0 Å². The smallest absolute Gasteiger partial charge is 0.266 e. The van der Waals surface area contributed by atoms with Gasteiger partial charge in [-0.05, 0) is 48.7 Å². The summed E-state index contributed by atoms with van der Waals surface area (Å²) in [5.41, 5.74) is 5.32. The predicted molar refractivity (Wildman–Crippen MR) is 146 cm³/mol. The number of hydrogen-bond donors (Lipinski definition) is 0. The molecule has 0 N–H and O–H groups in total. The molecule has 1 heterocycles. The van der Waals surface area contributed by atoms with Crippen LogP contribution in [0, 0.1) is 13.8 Å². The Hall–Kier alpha value is -2.61. The largest absolute Gasteiger partial charge is 0.493 e. The van der Waals surface area contributed by atoms with E-state index in [1.807, 2.05) is 61.5 Å². The summed E-state index contributed by atoms with van der Waals surface area (Å²) in [7, 11) is 1.60. The zero-order chi connectivity index (χ0) is 24.2. The fourth-order valence-electron chi connectivity index (χ4n) is 3.43. The molecule has 0 bridgehead atoms. The van der Waals surface area contributed by atoms with Crippen LogP contribution in [0.15, 0.2) is 70.0 Å². The summed E-state index contributed by atoms with van der Waals surface area (Å²) < 4.78 is 12.9. The van der Waals surface area contributed by atoms with E-state index in [9.17, 15) is 4.79 Å². The molecule has 174 valence electrons. The molecule has 4 rings (SSSR count). The number of halogens is 1. The number of hydrogen-bond acceptors (Lipinski definition) is 5. The molecular weight excluding hydrogens is 530 g/mol. The lowest BCUT2D eigenvalue weighted by Gasteiger charge is -2.15. The summed E-state index contributed by atoms with van der Waals surface area (Å²) in [6.45, 7) is 4.98. The Morgan fingerprint density at radius 1 is 0.971 bits per heavy atom. The molecule has 0 aliphatic carbocycles. The molecule has 0 saturated carbocycles. The highest BCUT2D eigenvalue weighted by Gasteiger charge is 2.32. The summed E-state index contributed by atoms with van der Waals surface area (Å²) in [5, 5.41) is 0. The van der Waals surface area contributed by atoms with Crippen molar-refractivity contribution in [2.75, 3.05) is 7.11 Å². The Balaban J connectivity index is 1.52. The third-order valence-electron chi connectivity index (χ3n) is 5.42. The van der Waals surface area contributed by atoms with Gasteiger partial charge in [-0.25, -0.2) is 0 Å². The van der Waals surface area contributed by atoms with Crippen molar-refractivity contribution in [3.63, 3.8) is 0 Å². The fraction of sp³-hybridized carbons (Fsp3) is 0.185. The van der Waals surface area contributed by atoms with Gasteiger partial charge in [0.15, 0.2) is 11.5 Å². The monoisotopic (exact) mass is 553 g/mol. The molecule has 3 aromatic rings. The van der Waals surface area contributed by atoms with Crippen LogP contribution in [-0.4, -0.2) is 22.2 Å². The van der Waals surface area contributed by atoms with E-state index < -0.39 is 0 Å². The SMILES string of the molecule is COc1cc(/C=C2\SC(=S)N(Cc3ccc(C)cc3)C2=O)c(Br)cc1OCc1ccc(C)cc1. The molecule has 0 radical (unpaired) electrons. The first-order chi connectivity index (χ1) is 16.3. The highest BCUT2D eigenvalue weighted by Crippen LogP contribution is 2.38. The lowest BCUT2D eigenvalue weighted by atomic mass is 10.1. The average Bonchev–Trinajstić information content (AvgIpc) is 3.08. The number of carbonyl (C=O) groups is 1. The number of carbonyl (C=O) groups excluding carboxylic acids is 1. The number of ether oxygens (including phenoxy) is 2. The second-order valence-electron chi connectivity index (χ2n) is 8.05. The quantitative estimate of drug-likeness (QED) is 0.231. The number of benzene rings is 3. The van der Waals surface area contributed by atoms with E-state index >= 15 is 0 Å². The van der Waals surface area contributed by atoms with Gasteiger partial charge >= 0.3 is 0 Å². The van der Waals surface area contributed by atoms with E-state index in [1.165, 1.54) is 22.9 Å². The normalized spacial score (nSPS) is 14.7. The molecule has 1 aliphatic heterocycles. The van der Waals surface area contributed by atoms with E-state index in [4.69, 9.17) is 21.7 Å². The molecule has 1 saturated heterocycles. The second-order valence-corrected chi connectivity index (χ2v) is 10.6. The minimum Gasteiger partial charge on any atom is -0.493 e. The van der Waals surface area contributed by atoms with Gasteiger partial charge in [0.25, 0.3) is 5.91 Å². The molecule has 1 fully saturated rings. The first-order valence-electron chi connectivity index (χ1n) is 10.7. The summed E-state index contributed by atoms with van der Waals surface area (Å²) in [5.74, 6) is 1.12. The van der Waals surface area contributed by atoms with Gasteiger partial charge in [-0.2, -0.15) is 0 Å². The van der Waals surface area contributed by atoms with Gasteiger partial charge in [0.2, 0.25) is 0 Å². The first-order valence-corrected chi connectivity index (χ1v) is 12.7. The first kappa shape index (κ1) is 24.5. The number of amides is 1. The summed E-state index contributed by atoms with van der Waals surface area (Å²) in [4.78, 5) is 15.3. The molecule has 1 amide bonds. The molecule has 0 atom stereocenters. The zero-order valence-corrected chi connectivity index (χ0v) is 22.4. The number of rotatable bonds is 7. The highest BCUT2D eigenvalue weighted by atomic mass is 79.9. The van der Waals surface area contributed by atoms with Crippen LogP contribution in [0.4, 0.5) is 0 Å². The van der Waals surface area contributed by atoms with Gasteiger partial charge in [0, 0.05) is 4.47 Å². The summed E-state index contributed by atoms with van der Waals surface area (Å²) in [6, 6.07) is 20.1. The van der Waals surface area contributed by atoms with Crippen molar-refractivity contribution in [1.29, 1.82) is 0 Å². The van der Waals surface area contributed by atoms with E-state index in [-0.39, 0.29) is 5.91 Å². The molecule has 1 aliphatic rings. The second kappa shape index (κ2) is 10.8. The maximum absolute atomic E-state index is 13.1. The number of thiocarbonyl (C=S) groups is 1. The van der Waals surface area contributed by atoms with Crippen molar-refractivity contribution >= 4 is 56.2 Å². The van der Waals surface area contributed by atoms with E-state index in [2.05, 4.69) is 35.0 Å². The van der Waals surface area contributed by atoms with Crippen molar-refractivity contribution in [2.45, 2.75) is 27.0 Å². The van der Waals surface area contributed by atoms with Gasteiger partial charge in [0.1, 0.15) is 10.9 Å². The Labute approximate surface area is 218 Å². The van der Waals surface area contributed by atoms with E-state index in [0.717, 1.165) is 21.2 Å². The third-order valence-corrected chi connectivity index (χ3v) is 7.48. The van der Waals surface area contributed by atoms with Crippen LogP contribution in [0.1, 0.15) is 27.8 Å². The highest BCUT2D eigenvalue weighted by molar-refractivity contribution is 9.10. The van der Waals surface area contributed by atoms with E-state index in [0.29, 0.717) is 33.9 Å². The molecule has 7 heteroatoms. The summed E-state index contributed by atoms with van der Waals surface area (Å²) in [6.07, 6.45) is 1.84. The Morgan fingerprint density at radius 3 is 2.21 bits per heavy atom. The number of thioether (sulfide) groups is 1. The third kappa shape index (κ3) is 5.71. The molecule has 0 spiro atoms. The molecule has 0 unspecified atom stereocenters. The molecular formula is C27H24BrNO3S2. The van der Waals surface area contributed by atoms with Gasteiger partial charge in [-0.1, -0.05) is 99.6 Å². The van der Waals surface area contributed by atoms with Crippen LogP contribution < -0.4 is 9.47 Å². The standard InChI is InChI=1S/C27H24BrNO3S2/c1-17-4-8-19(9-5-17)15-29-26(30)25(34-27(29)33)13-21-12-23(31-3)24(14-22(21)28)32-16-20-10-6-18(2)7-11-20/h4-14H,15-16H2,1-3H3/b25-13-. The van der Waals surface area contributed by atoms with Gasteiger partial charge < -0.3 is 9.47 Å². The minimum absolute atomic E-state index is 0.0962. The van der Waals surface area contributed by atoms with Gasteiger partial charge in [0.05, 0.1) is 18.6 Å². The lowest BCUT2D eigenvalue weighted by Crippen LogP contribution is -2.27. The van der Waals surface area contributed by atoms with Crippen LogP contribution in [0.25, 0.3) is 6.08 Å². The molecule has 3 aromatic carbocycles. The number of aryl methyl sites for hydroxylation is 2. The maximum Gasteiger partial charge on any atom is 0.266 e.